The summed E-state index contributed by atoms with van der Waals surface area (Å²) in [6.07, 6.45) is 2.57. The summed E-state index contributed by atoms with van der Waals surface area (Å²) in [4.78, 5) is 18.8. The van der Waals surface area contributed by atoms with Gasteiger partial charge in [-0.3, -0.25) is 4.79 Å². The summed E-state index contributed by atoms with van der Waals surface area (Å²) in [6, 6.07) is -0.306. The van der Waals surface area contributed by atoms with Crippen LogP contribution in [-0.4, -0.2) is 33.6 Å². The Kier molecular flexibility index (Phi) is 3.79. The van der Waals surface area contributed by atoms with Crippen molar-refractivity contribution in [1.82, 2.24) is 15.3 Å². The molecule has 0 aliphatic rings. The average molecular weight is 216 g/mol. The summed E-state index contributed by atoms with van der Waals surface area (Å²) in [5.41, 5.74) is 0.176. The third-order valence-electron chi connectivity index (χ3n) is 1.50. The van der Waals surface area contributed by atoms with Gasteiger partial charge in [-0.15, -0.1) is 0 Å². The van der Waals surface area contributed by atoms with Crippen molar-refractivity contribution in [3.8, 4) is 0 Å². The van der Waals surface area contributed by atoms with Crippen molar-refractivity contribution in [2.45, 2.75) is 13.0 Å². The Morgan fingerprint density at radius 1 is 1.64 bits per heavy atom. The van der Waals surface area contributed by atoms with E-state index in [1.54, 1.807) is 6.92 Å². The van der Waals surface area contributed by atoms with Crippen molar-refractivity contribution >= 4 is 17.5 Å². The molecule has 0 aromatic carbocycles. The zero-order valence-electron chi connectivity index (χ0n) is 7.57. The molecule has 14 heavy (non-hydrogen) atoms. The number of nitrogens with zero attached hydrogens (tertiary/aromatic N) is 2. The van der Waals surface area contributed by atoms with Crippen molar-refractivity contribution < 1.29 is 9.90 Å². The van der Waals surface area contributed by atoms with Crippen LogP contribution in [-0.2, 0) is 0 Å². The van der Waals surface area contributed by atoms with E-state index in [0.717, 1.165) is 0 Å². The van der Waals surface area contributed by atoms with Crippen LogP contribution in [0.2, 0.25) is 5.15 Å². The summed E-state index contributed by atoms with van der Waals surface area (Å²) in [5.74, 6) is -0.379. The first-order valence-corrected chi connectivity index (χ1v) is 4.40. The maximum Gasteiger partial charge on any atom is 0.271 e. The van der Waals surface area contributed by atoms with Crippen molar-refractivity contribution in [2.24, 2.45) is 0 Å². The summed E-state index contributed by atoms with van der Waals surface area (Å²) in [6.45, 7) is 1.56. The van der Waals surface area contributed by atoms with Crippen molar-refractivity contribution in [2.75, 3.05) is 6.61 Å². The number of amides is 1. The van der Waals surface area contributed by atoms with Gasteiger partial charge in [0.2, 0.25) is 0 Å². The molecule has 0 aliphatic carbocycles. The van der Waals surface area contributed by atoms with Gasteiger partial charge in [0.25, 0.3) is 5.91 Å². The standard InChI is InChI=1S/C8H10ClN3O2/c1-5(4-13)12-8(14)6-2-11-7(9)3-10-6/h2-3,5,13H,4H2,1H3,(H,12,14)/t5-/m0/s1. The molecule has 6 heteroatoms. The van der Waals surface area contributed by atoms with Crippen molar-refractivity contribution in [1.29, 1.82) is 0 Å². The molecule has 0 spiro atoms. The molecular formula is C8H10ClN3O2. The molecule has 0 saturated carbocycles. The molecule has 1 atom stereocenters. The molecular weight excluding hydrogens is 206 g/mol. The first kappa shape index (κ1) is 10.9. The lowest BCUT2D eigenvalue weighted by Crippen LogP contribution is -2.35. The van der Waals surface area contributed by atoms with E-state index in [-0.39, 0.29) is 29.4 Å². The van der Waals surface area contributed by atoms with E-state index in [1.165, 1.54) is 12.4 Å². The highest BCUT2D eigenvalue weighted by Gasteiger charge is 2.10. The normalized spacial score (nSPS) is 12.2. The van der Waals surface area contributed by atoms with Gasteiger partial charge in [-0.25, -0.2) is 9.97 Å². The number of rotatable bonds is 3. The highest BCUT2D eigenvalue weighted by Crippen LogP contribution is 2.01. The number of halogens is 1. The fourth-order valence-corrected chi connectivity index (χ4v) is 0.871. The topological polar surface area (TPSA) is 75.1 Å². The number of aliphatic hydroxyl groups is 1. The van der Waals surface area contributed by atoms with Gasteiger partial charge in [-0.05, 0) is 6.92 Å². The molecule has 0 saturated heterocycles. The molecule has 2 N–H and O–H groups in total. The predicted molar refractivity (Wildman–Crippen MR) is 51.1 cm³/mol. The van der Waals surface area contributed by atoms with Gasteiger partial charge in [0.1, 0.15) is 10.8 Å². The number of nitrogens with one attached hydrogen (secondary N) is 1. The van der Waals surface area contributed by atoms with E-state index in [0.29, 0.717) is 0 Å². The number of hydrogen-bond acceptors (Lipinski definition) is 4. The van der Waals surface area contributed by atoms with E-state index in [2.05, 4.69) is 15.3 Å². The monoisotopic (exact) mass is 215 g/mol. The Labute approximate surface area is 86.1 Å². The van der Waals surface area contributed by atoms with Crippen LogP contribution in [0.25, 0.3) is 0 Å². The quantitative estimate of drug-likeness (QED) is 0.758. The van der Waals surface area contributed by atoms with Gasteiger partial charge in [0.05, 0.1) is 19.0 Å². The van der Waals surface area contributed by atoms with Crippen LogP contribution in [0.5, 0.6) is 0 Å². The van der Waals surface area contributed by atoms with E-state index in [4.69, 9.17) is 16.7 Å². The minimum atomic E-state index is -0.379. The van der Waals surface area contributed by atoms with Crippen LogP contribution in [0.15, 0.2) is 12.4 Å². The maximum atomic E-state index is 11.4. The highest BCUT2D eigenvalue weighted by atomic mass is 35.5. The van der Waals surface area contributed by atoms with Gasteiger partial charge in [0.15, 0.2) is 0 Å². The first-order chi connectivity index (χ1) is 6.63. The summed E-state index contributed by atoms with van der Waals surface area (Å²) in [5, 5.41) is 11.5. The molecule has 0 bridgehead atoms. The zero-order valence-corrected chi connectivity index (χ0v) is 8.32. The Hall–Kier alpha value is -1.20. The molecule has 0 fully saturated rings. The van der Waals surface area contributed by atoms with Gasteiger partial charge < -0.3 is 10.4 Å². The van der Waals surface area contributed by atoms with E-state index >= 15 is 0 Å². The second kappa shape index (κ2) is 4.88. The van der Waals surface area contributed by atoms with Gasteiger partial charge in [-0.1, -0.05) is 11.6 Å². The Bertz CT molecular complexity index is 315. The molecule has 0 radical (unpaired) electrons. The second-order valence-electron chi connectivity index (χ2n) is 2.78. The smallest absolute Gasteiger partial charge is 0.271 e. The number of aliphatic hydroxyl groups excluding tert-OH is 1. The number of carbonyl (C=O) groups excluding carboxylic acids is 1. The van der Waals surface area contributed by atoms with Crippen molar-refractivity contribution in [3.05, 3.63) is 23.2 Å². The molecule has 5 nitrogen and oxygen atoms in total. The summed E-state index contributed by atoms with van der Waals surface area (Å²) < 4.78 is 0. The lowest BCUT2D eigenvalue weighted by atomic mass is 10.3. The van der Waals surface area contributed by atoms with Gasteiger partial charge >= 0.3 is 0 Å². The van der Waals surface area contributed by atoms with E-state index in [1.807, 2.05) is 0 Å². The molecule has 1 aromatic heterocycles. The summed E-state index contributed by atoms with van der Waals surface area (Å²) >= 11 is 5.50. The molecule has 0 aliphatic heterocycles. The third-order valence-corrected chi connectivity index (χ3v) is 1.70. The predicted octanol–water partition coefficient (Wildman–Crippen LogP) is 0.241. The lowest BCUT2D eigenvalue weighted by Gasteiger charge is -2.09. The van der Waals surface area contributed by atoms with Gasteiger partial charge in [-0.2, -0.15) is 0 Å². The SMILES string of the molecule is C[C@@H](CO)NC(=O)c1cnc(Cl)cn1. The fourth-order valence-electron chi connectivity index (χ4n) is 0.773. The van der Waals surface area contributed by atoms with Crippen LogP contribution in [0.1, 0.15) is 17.4 Å². The Morgan fingerprint density at radius 3 is 2.86 bits per heavy atom. The van der Waals surface area contributed by atoms with E-state index < -0.39 is 0 Å². The number of carbonyl (C=O) groups is 1. The lowest BCUT2D eigenvalue weighted by molar-refractivity contribution is 0.0917. The van der Waals surface area contributed by atoms with Gasteiger partial charge in [0, 0.05) is 6.04 Å². The molecule has 0 unspecified atom stereocenters. The van der Waals surface area contributed by atoms with Crippen LogP contribution in [0.3, 0.4) is 0 Å². The molecule has 1 amide bonds. The van der Waals surface area contributed by atoms with Crippen molar-refractivity contribution in [3.63, 3.8) is 0 Å². The molecule has 76 valence electrons. The fraction of sp³-hybridized carbons (Fsp3) is 0.375. The van der Waals surface area contributed by atoms with Crippen LogP contribution >= 0.6 is 11.6 Å². The first-order valence-electron chi connectivity index (χ1n) is 4.02. The number of hydrogen-bond donors (Lipinski definition) is 2. The average Bonchev–Trinajstić information content (AvgIpc) is 2.18. The Balaban J connectivity index is 2.65. The van der Waals surface area contributed by atoms with Crippen LogP contribution in [0, 0.1) is 0 Å². The van der Waals surface area contributed by atoms with Crippen LogP contribution in [0.4, 0.5) is 0 Å². The molecule has 1 heterocycles. The Morgan fingerprint density at radius 2 is 2.36 bits per heavy atom. The largest absolute Gasteiger partial charge is 0.394 e. The third kappa shape index (κ3) is 2.93. The summed E-state index contributed by atoms with van der Waals surface area (Å²) in [7, 11) is 0. The minimum Gasteiger partial charge on any atom is -0.394 e. The van der Waals surface area contributed by atoms with E-state index in [9.17, 15) is 4.79 Å². The highest BCUT2D eigenvalue weighted by molar-refractivity contribution is 6.29. The zero-order chi connectivity index (χ0) is 10.6. The number of aromatic nitrogens is 2. The minimum absolute atomic E-state index is 0.118. The molecule has 1 rings (SSSR count). The van der Waals surface area contributed by atoms with Crippen LogP contribution < -0.4 is 5.32 Å². The molecule has 1 aromatic rings. The second-order valence-corrected chi connectivity index (χ2v) is 3.17. The maximum absolute atomic E-state index is 11.4.